The van der Waals surface area contributed by atoms with Crippen molar-refractivity contribution in [3.63, 3.8) is 0 Å². The van der Waals surface area contributed by atoms with Crippen molar-refractivity contribution in [2.75, 3.05) is 6.61 Å². The average molecular weight is 266 g/mol. The van der Waals surface area contributed by atoms with Crippen LogP contribution in [-0.4, -0.2) is 48.6 Å². The highest BCUT2D eigenvalue weighted by Crippen LogP contribution is 2.19. The van der Waals surface area contributed by atoms with Crippen molar-refractivity contribution in [2.24, 2.45) is 0 Å². The summed E-state index contributed by atoms with van der Waals surface area (Å²) in [5, 5.41) is 10.5. The zero-order valence-electron chi connectivity index (χ0n) is 9.91. The Hall–Kier alpha value is -1.04. The Labute approximate surface area is 112 Å². The van der Waals surface area contributed by atoms with Gasteiger partial charge in [0, 0.05) is 16.5 Å². The topological polar surface area (TPSA) is 49.8 Å². The Morgan fingerprint density at radius 1 is 1.50 bits per heavy atom. The summed E-state index contributed by atoms with van der Waals surface area (Å²) in [6, 6.07) is 6.45. The molecule has 0 saturated carbocycles. The Morgan fingerprint density at radius 3 is 2.72 bits per heavy atom. The SMILES string of the molecule is [B][C@H]1CO[C@@H](C)[C@@H](O)N1C(=O)c1ccc(Cl)cc1. The second kappa shape index (κ2) is 5.30. The molecule has 2 radical (unpaired) electrons. The Balaban J connectivity index is 2.23. The average Bonchev–Trinajstić information content (AvgIpc) is 2.35. The van der Waals surface area contributed by atoms with Crippen LogP contribution in [0.15, 0.2) is 24.3 Å². The van der Waals surface area contributed by atoms with Crippen LogP contribution in [0.3, 0.4) is 0 Å². The third-order valence-corrected chi connectivity index (χ3v) is 3.17. The number of aliphatic hydroxyl groups excluding tert-OH is 1. The molecule has 0 aromatic heterocycles. The van der Waals surface area contributed by atoms with E-state index in [0.717, 1.165) is 0 Å². The van der Waals surface area contributed by atoms with Gasteiger partial charge >= 0.3 is 0 Å². The fraction of sp³-hybridized carbons (Fsp3) is 0.417. The molecule has 1 aliphatic rings. The summed E-state index contributed by atoms with van der Waals surface area (Å²) >= 11 is 5.76. The molecule has 3 atom stereocenters. The fourth-order valence-corrected chi connectivity index (χ4v) is 1.98. The van der Waals surface area contributed by atoms with Crippen molar-refractivity contribution in [3.8, 4) is 0 Å². The van der Waals surface area contributed by atoms with Gasteiger partial charge in [-0.05, 0) is 31.2 Å². The summed E-state index contributed by atoms with van der Waals surface area (Å²) in [5.41, 5.74) is 0.433. The minimum absolute atomic E-state index is 0.206. The molecule has 1 aliphatic heterocycles. The zero-order chi connectivity index (χ0) is 13.3. The molecule has 18 heavy (non-hydrogen) atoms. The van der Waals surface area contributed by atoms with Gasteiger partial charge < -0.3 is 14.7 Å². The Morgan fingerprint density at radius 2 is 2.11 bits per heavy atom. The first-order valence-electron chi connectivity index (χ1n) is 5.64. The molecule has 1 N–H and O–H groups in total. The molecule has 1 aromatic carbocycles. The summed E-state index contributed by atoms with van der Waals surface area (Å²) in [5.74, 6) is -0.985. The lowest BCUT2D eigenvalue weighted by Crippen LogP contribution is -2.58. The standard InChI is InChI=1S/C12H13BClNO3/c1-7-11(16)15(10(13)6-18-7)12(17)8-2-4-9(14)5-3-8/h2-5,7,10-11,16H,6H2,1H3/t7-,10+,11+/m0/s1. The number of rotatable bonds is 1. The number of halogens is 1. The molecule has 0 unspecified atom stereocenters. The van der Waals surface area contributed by atoms with Crippen LogP contribution in [0.25, 0.3) is 0 Å². The Kier molecular flexibility index (Phi) is 3.95. The van der Waals surface area contributed by atoms with Crippen molar-refractivity contribution in [1.29, 1.82) is 0 Å². The van der Waals surface area contributed by atoms with Crippen LogP contribution in [0, 0.1) is 0 Å². The molecule has 0 spiro atoms. The van der Waals surface area contributed by atoms with E-state index in [0.29, 0.717) is 10.6 Å². The molecule has 0 bridgehead atoms. The molecule has 2 rings (SSSR count). The highest BCUT2D eigenvalue weighted by Gasteiger charge is 2.35. The molecule has 1 aromatic rings. The predicted octanol–water partition coefficient (Wildman–Crippen LogP) is 1.01. The number of nitrogens with zero attached hydrogens (tertiary/aromatic N) is 1. The van der Waals surface area contributed by atoms with Crippen LogP contribution in [0.1, 0.15) is 17.3 Å². The summed E-state index contributed by atoms with van der Waals surface area (Å²) in [4.78, 5) is 13.5. The fourth-order valence-electron chi connectivity index (χ4n) is 1.85. The van der Waals surface area contributed by atoms with Gasteiger partial charge in [0.1, 0.15) is 7.85 Å². The van der Waals surface area contributed by atoms with Crippen molar-refractivity contribution in [3.05, 3.63) is 34.9 Å². The number of carbonyl (C=O) groups is 1. The van der Waals surface area contributed by atoms with Crippen LogP contribution in [-0.2, 0) is 4.74 Å². The summed E-state index contributed by atoms with van der Waals surface area (Å²) in [6.07, 6.45) is -1.50. The predicted molar refractivity (Wildman–Crippen MR) is 68.6 cm³/mol. The maximum Gasteiger partial charge on any atom is 0.255 e. The summed E-state index contributed by atoms with van der Waals surface area (Å²) in [7, 11) is 5.79. The molecule has 1 amide bonds. The van der Waals surface area contributed by atoms with E-state index in [4.69, 9.17) is 24.2 Å². The van der Waals surface area contributed by atoms with Gasteiger partial charge in [-0.3, -0.25) is 4.79 Å². The lowest BCUT2D eigenvalue weighted by atomic mass is 9.92. The van der Waals surface area contributed by atoms with Crippen molar-refractivity contribution in [1.82, 2.24) is 4.90 Å². The number of hydrogen-bond acceptors (Lipinski definition) is 3. The van der Waals surface area contributed by atoms with E-state index in [1.807, 2.05) is 0 Å². The van der Waals surface area contributed by atoms with Crippen molar-refractivity contribution in [2.45, 2.75) is 25.2 Å². The highest BCUT2D eigenvalue weighted by atomic mass is 35.5. The minimum atomic E-state index is -1.04. The van der Waals surface area contributed by atoms with Gasteiger partial charge in [-0.1, -0.05) is 11.6 Å². The van der Waals surface area contributed by atoms with Gasteiger partial charge in [0.15, 0.2) is 6.23 Å². The number of ether oxygens (including phenoxy) is 1. The van der Waals surface area contributed by atoms with Gasteiger partial charge in [0.25, 0.3) is 5.91 Å². The number of hydrogen-bond donors (Lipinski definition) is 1. The lowest BCUT2D eigenvalue weighted by molar-refractivity contribution is -0.140. The largest absolute Gasteiger partial charge is 0.373 e. The van der Waals surface area contributed by atoms with E-state index in [2.05, 4.69) is 0 Å². The highest BCUT2D eigenvalue weighted by molar-refractivity contribution is 6.30. The number of carbonyl (C=O) groups excluding carboxylic acids is 1. The van der Waals surface area contributed by atoms with E-state index in [1.54, 1.807) is 31.2 Å². The number of amides is 1. The van der Waals surface area contributed by atoms with E-state index in [-0.39, 0.29) is 12.5 Å². The summed E-state index contributed by atoms with van der Waals surface area (Å²) < 4.78 is 5.25. The molecule has 1 heterocycles. The normalized spacial score (nSPS) is 28.2. The quantitative estimate of drug-likeness (QED) is 0.771. The van der Waals surface area contributed by atoms with Crippen LogP contribution in [0.2, 0.25) is 5.02 Å². The second-order valence-corrected chi connectivity index (χ2v) is 4.68. The molecule has 4 nitrogen and oxygen atoms in total. The number of morpholine rings is 1. The zero-order valence-corrected chi connectivity index (χ0v) is 10.7. The van der Waals surface area contributed by atoms with Gasteiger partial charge in [0.2, 0.25) is 0 Å². The maximum atomic E-state index is 12.3. The monoisotopic (exact) mass is 265 g/mol. The molecule has 1 fully saturated rings. The molecular weight excluding hydrogens is 252 g/mol. The van der Waals surface area contributed by atoms with Crippen LogP contribution >= 0.6 is 11.6 Å². The van der Waals surface area contributed by atoms with E-state index in [9.17, 15) is 9.90 Å². The second-order valence-electron chi connectivity index (χ2n) is 4.24. The molecule has 1 saturated heterocycles. The van der Waals surface area contributed by atoms with Crippen LogP contribution < -0.4 is 0 Å². The van der Waals surface area contributed by atoms with E-state index >= 15 is 0 Å². The van der Waals surface area contributed by atoms with Gasteiger partial charge in [-0.25, -0.2) is 0 Å². The first-order chi connectivity index (χ1) is 8.50. The molecular formula is C12H13BClNO3. The minimum Gasteiger partial charge on any atom is -0.373 e. The third kappa shape index (κ3) is 2.53. The van der Waals surface area contributed by atoms with Crippen molar-refractivity contribution >= 4 is 25.4 Å². The first-order valence-corrected chi connectivity index (χ1v) is 6.02. The first kappa shape index (κ1) is 13.4. The maximum absolute atomic E-state index is 12.3. The smallest absolute Gasteiger partial charge is 0.255 e. The van der Waals surface area contributed by atoms with Crippen LogP contribution in [0.4, 0.5) is 0 Å². The van der Waals surface area contributed by atoms with E-state index in [1.165, 1.54) is 4.90 Å². The van der Waals surface area contributed by atoms with Crippen LogP contribution in [0.5, 0.6) is 0 Å². The molecule has 0 aliphatic carbocycles. The lowest BCUT2D eigenvalue weighted by Gasteiger charge is -2.41. The number of benzene rings is 1. The summed E-state index contributed by atoms with van der Waals surface area (Å²) in [6.45, 7) is 1.90. The van der Waals surface area contributed by atoms with Gasteiger partial charge in [-0.15, -0.1) is 0 Å². The van der Waals surface area contributed by atoms with E-state index < -0.39 is 18.3 Å². The third-order valence-electron chi connectivity index (χ3n) is 2.92. The van der Waals surface area contributed by atoms with Gasteiger partial charge in [-0.2, -0.15) is 0 Å². The molecule has 94 valence electrons. The van der Waals surface area contributed by atoms with Gasteiger partial charge in [0.05, 0.1) is 12.7 Å². The molecule has 6 heteroatoms. The van der Waals surface area contributed by atoms with Crippen molar-refractivity contribution < 1.29 is 14.6 Å². The number of aliphatic hydroxyl groups is 1. The Bertz CT molecular complexity index is 439.